The Hall–Kier alpha value is -0.360. The molecule has 0 amide bonds. The lowest BCUT2D eigenvalue weighted by molar-refractivity contribution is 0.0564. The number of piperazine rings is 1. The summed E-state index contributed by atoms with van der Waals surface area (Å²) in [7, 11) is 0. The van der Waals surface area contributed by atoms with E-state index in [0.29, 0.717) is 23.3 Å². The minimum Gasteiger partial charge on any atom is -0.394 e. The van der Waals surface area contributed by atoms with E-state index in [0.717, 1.165) is 39.3 Å². The Bertz CT molecular complexity index is 438. The van der Waals surface area contributed by atoms with Crippen molar-refractivity contribution >= 4 is 23.2 Å². The number of halogens is 2. The van der Waals surface area contributed by atoms with Crippen molar-refractivity contribution in [3.05, 3.63) is 33.8 Å². The minimum absolute atomic E-state index is 0.0947. The first-order chi connectivity index (χ1) is 10.2. The summed E-state index contributed by atoms with van der Waals surface area (Å²) in [5, 5.41) is 9.88. The highest BCUT2D eigenvalue weighted by Crippen LogP contribution is 2.23. The molecule has 21 heavy (non-hydrogen) atoms. The van der Waals surface area contributed by atoms with Crippen molar-refractivity contribution in [1.29, 1.82) is 0 Å². The van der Waals surface area contributed by atoms with E-state index >= 15 is 0 Å². The minimum atomic E-state index is 0.0947. The van der Waals surface area contributed by atoms with Gasteiger partial charge in [-0.25, -0.2) is 0 Å². The van der Waals surface area contributed by atoms with Gasteiger partial charge < -0.3 is 9.84 Å². The molecule has 1 aromatic carbocycles. The summed E-state index contributed by atoms with van der Waals surface area (Å²) in [6.07, 6.45) is 0. The molecule has 1 heterocycles. The third kappa shape index (κ3) is 5.74. The third-order valence-corrected chi connectivity index (χ3v) is 4.38. The molecule has 0 unspecified atom stereocenters. The summed E-state index contributed by atoms with van der Waals surface area (Å²) < 4.78 is 5.30. The normalized spacial score (nSPS) is 17.3. The lowest BCUT2D eigenvalue weighted by atomic mass is 10.2. The van der Waals surface area contributed by atoms with Gasteiger partial charge in [-0.15, -0.1) is 0 Å². The average molecular weight is 333 g/mol. The number of benzene rings is 1. The molecule has 0 aliphatic carbocycles. The molecule has 1 N–H and O–H groups in total. The topological polar surface area (TPSA) is 35.9 Å². The van der Waals surface area contributed by atoms with Crippen LogP contribution in [0.3, 0.4) is 0 Å². The molecule has 1 aliphatic rings. The molecule has 118 valence electrons. The number of hydrogen-bond donors (Lipinski definition) is 1. The first-order valence-electron chi connectivity index (χ1n) is 7.26. The summed E-state index contributed by atoms with van der Waals surface area (Å²) >= 11 is 12.0. The van der Waals surface area contributed by atoms with Crippen LogP contribution in [0.25, 0.3) is 0 Å². The number of ether oxygens (including phenoxy) is 1. The maximum Gasteiger partial charge on any atom is 0.0698 e. The van der Waals surface area contributed by atoms with Crippen LogP contribution in [0, 0.1) is 0 Å². The molecular formula is C15H22Cl2N2O2. The van der Waals surface area contributed by atoms with Gasteiger partial charge in [0.1, 0.15) is 0 Å². The van der Waals surface area contributed by atoms with Crippen molar-refractivity contribution in [3.63, 3.8) is 0 Å². The van der Waals surface area contributed by atoms with Crippen LogP contribution < -0.4 is 0 Å². The van der Waals surface area contributed by atoms with E-state index in [4.69, 9.17) is 33.0 Å². The van der Waals surface area contributed by atoms with Gasteiger partial charge in [-0.2, -0.15) is 0 Å². The van der Waals surface area contributed by atoms with Gasteiger partial charge >= 0.3 is 0 Å². The predicted octanol–water partition coefficient (Wildman–Crippen LogP) is 2.12. The van der Waals surface area contributed by atoms with Crippen molar-refractivity contribution in [2.24, 2.45) is 0 Å². The van der Waals surface area contributed by atoms with Crippen LogP contribution in [0.5, 0.6) is 0 Å². The van der Waals surface area contributed by atoms with E-state index in [-0.39, 0.29) is 6.61 Å². The van der Waals surface area contributed by atoms with Crippen molar-refractivity contribution in [3.8, 4) is 0 Å². The highest BCUT2D eigenvalue weighted by Gasteiger charge is 2.16. The first-order valence-corrected chi connectivity index (χ1v) is 8.02. The molecule has 0 spiro atoms. The molecule has 1 fully saturated rings. The standard InChI is InChI=1S/C15H22Cl2N2O2/c16-14-2-1-13(11-15(14)17)12-19-5-3-18(4-6-19)7-9-21-10-8-20/h1-2,11,20H,3-10,12H2. The van der Waals surface area contributed by atoms with Crippen LogP contribution in [0.1, 0.15) is 5.56 Å². The molecule has 2 rings (SSSR count). The zero-order valence-electron chi connectivity index (χ0n) is 12.1. The number of rotatable bonds is 7. The van der Waals surface area contributed by atoms with Gasteiger partial charge in [0.2, 0.25) is 0 Å². The number of hydrogen-bond acceptors (Lipinski definition) is 4. The molecule has 1 aromatic rings. The molecule has 0 saturated carbocycles. The second-order valence-electron chi connectivity index (χ2n) is 5.20. The van der Waals surface area contributed by atoms with Gasteiger partial charge in [0.15, 0.2) is 0 Å². The third-order valence-electron chi connectivity index (χ3n) is 3.64. The van der Waals surface area contributed by atoms with E-state index in [1.807, 2.05) is 18.2 Å². The Morgan fingerprint density at radius 2 is 1.71 bits per heavy atom. The van der Waals surface area contributed by atoms with Crippen LogP contribution in [-0.4, -0.2) is 67.5 Å². The zero-order chi connectivity index (χ0) is 15.1. The highest BCUT2D eigenvalue weighted by molar-refractivity contribution is 6.42. The lowest BCUT2D eigenvalue weighted by Crippen LogP contribution is -2.46. The van der Waals surface area contributed by atoms with Crippen molar-refractivity contribution in [2.75, 3.05) is 52.5 Å². The summed E-state index contributed by atoms with van der Waals surface area (Å²) in [5.41, 5.74) is 1.20. The Balaban J connectivity index is 1.70. The first kappa shape index (κ1) is 17.0. The summed E-state index contributed by atoms with van der Waals surface area (Å²) in [4.78, 5) is 4.81. The maximum absolute atomic E-state index is 8.65. The Labute approximate surface area is 136 Å². The monoisotopic (exact) mass is 332 g/mol. The van der Waals surface area contributed by atoms with E-state index in [1.165, 1.54) is 5.56 Å². The van der Waals surface area contributed by atoms with Gasteiger partial charge in [0.25, 0.3) is 0 Å². The van der Waals surface area contributed by atoms with Crippen LogP contribution in [0.15, 0.2) is 18.2 Å². The van der Waals surface area contributed by atoms with E-state index in [2.05, 4.69) is 9.80 Å². The Kier molecular flexibility index (Phi) is 7.23. The van der Waals surface area contributed by atoms with Crippen LogP contribution in [0.2, 0.25) is 10.0 Å². The SMILES string of the molecule is OCCOCCN1CCN(Cc2ccc(Cl)c(Cl)c2)CC1. The largest absolute Gasteiger partial charge is 0.394 e. The molecule has 0 aromatic heterocycles. The number of nitrogens with zero attached hydrogens (tertiary/aromatic N) is 2. The van der Waals surface area contributed by atoms with Crippen molar-refractivity contribution in [2.45, 2.75) is 6.54 Å². The summed E-state index contributed by atoms with van der Waals surface area (Å²) in [5.74, 6) is 0. The van der Waals surface area contributed by atoms with Gasteiger partial charge in [-0.3, -0.25) is 9.80 Å². The summed E-state index contributed by atoms with van der Waals surface area (Å²) in [6, 6.07) is 5.83. The van der Waals surface area contributed by atoms with Crippen molar-refractivity contribution in [1.82, 2.24) is 9.80 Å². The Morgan fingerprint density at radius 1 is 1.00 bits per heavy atom. The highest BCUT2D eigenvalue weighted by atomic mass is 35.5. The zero-order valence-corrected chi connectivity index (χ0v) is 13.6. The van der Waals surface area contributed by atoms with Gasteiger partial charge in [0.05, 0.1) is 29.9 Å². The smallest absolute Gasteiger partial charge is 0.0698 e. The quantitative estimate of drug-likeness (QED) is 0.776. The van der Waals surface area contributed by atoms with Crippen LogP contribution in [0.4, 0.5) is 0 Å². The van der Waals surface area contributed by atoms with Crippen LogP contribution in [-0.2, 0) is 11.3 Å². The Morgan fingerprint density at radius 3 is 2.38 bits per heavy atom. The molecular weight excluding hydrogens is 311 g/mol. The van der Waals surface area contributed by atoms with E-state index < -0.39 is 0 Å². The molecule has 0 atom stereocenters. The average Bonchev–Trinajstić information content (AvgIpc) is 2.49. The molecule has 0 bridgehead atoms. The number of aliphatic hydroxyl groups excluding tert-OH is 1. The summed E-state index contributed by atoms with van der Waals surface area (Å²) in [6.45, 7) is 7.22. The fourth-order valence-corrected chi connectivity index (χ4v) is 2.75. The fourth-order valence-electron chi connectivity index (χ4n) is 2.43. The lowest BCUT2D eigenvalue weighted by Gasteiger charge is -2.34. The fraction of sp³-hybridized carbons (Fsp3) is 0.600. The second kappa shape index (κ2) is 8.93. The second-order valence-corrected chi connectivity index (χ2v) is 6.02. The number of aliphatic hydroxyl groups is 1. The van der Waals surface area contributed by atoms with Crippen molar-refractivity contribution < 1.29 is 9.84 Å². The van der Waals surface area contributed by atoms with E-state index in [9.17, 15) is 0 Å². The van der Waals surface area contributed by atoms with Gasteiger partial charge in [0, 0.05) is 39.3 Å². The van der Waals surface area contributed by atoms with Gasteiger partial charge in [-0.1, -0.05) is 29.3 Å². The predicted molar refractivity (Wildman–Crippen MR) is 86.1 cm³/mol. The maximum atomic E-state index is 8.65. The van der Waals surface area contributed by atoms with Crippen LogP contribution >= 0.6 is 23.2 Å². The molecule has 6 heteroatoms. The molecule has 0 radical (unpaired) electrons. The van der Waals surface area contributed by atoms with Gasteiger partial charge in [-0.05, 0) is 17.7 Å². The molecule has 1 aliphatic heterocycles. The van der Waals surface area contributed by atoms with E-state index in [1.54, 1.807) is 0 Å². The molecule has 4 nitrogen and oxygen atoms in total. The molecule has 1 saturated heterocycles.